The summed E-state index contributed by atoms with van der Waals surface area (Å²) in [7, 11) is 1.64. The molecule has 1 unspecified atom stereocenters. The molecule has 1 heterocycles. The Morgan fingerprint density at radius 2 is 1.59 bits per heavy atom. The van der Waals surface area contributed by atoms with E-state index in [1.165, 1.54) is 0 Å². The average molecular weight is 500 g/mol. The fraction of sp³-hybridized carbons (Fsp3) is 0.300. The number of aromatic nitrogens is 2. The summed E-state index contributed by atoms with van der Waals surface area (Å²) in [5, 5.41) is 15.7. The van der Waals surface area contributed by atoms with Gasteiger partial charge in [0.2, 0.25) is 5.88 Å². The highest BCUT2D eigenvalue weighted by atomic mass is 16.5. The monoisotopic (exact) mass is 499 g/mol. The smallest absolute Gasteiger partial charge is 0.227 e. The molecule has 1 fully saturated rings. The third-order valence-corrected chi connectivity index (χ3v) is 6.47. The highest BCUT2D eigenvalue weighted by Crippen LogP contribution is 2.37. The normalized spacial score (nSPS) is 13.9. The van der Waals surface area contributed by atoms with Crippen molar-refractivity contribution in [2.24, 2.45) is 0 Å². The van der Waals surface area contributed by atoms with Crippen molar-refractivity contribution in [3.8, 4) is 28.8 Å². The molecule has 0 bridgehead atoms. The molecule has 7 heteroatoms. The Balaban J connectivity index is 1.41. The van der Waals surface area contributed by atoms with Gasteiger partial charge in [0.15, 0.2) is 11.5 Å². The Kier molecular flexibility index (Phi) is 7.73. The quantitative estimate of drug-likeness (QED) is 0.282. The number of para-hydroxylation sites is 4. The van der Waals surface area contributed by atoms with E-state index in [0.29, 0.717) is 36.5 Å². The highest BCUT2D eigenvalue weighted by Gasteiger charge is 2.33. The molecule has 1 aliphatic carbocycles. The van der Waals surface area contributed by atoms with Crippen molar-refractivity contribution >= 4 is 0 Å². The second-order valence-electron chi connectivity index (χ2n) is 9.31. The van der Waals surface area contributed by atoms with Crippen LogP contribution in [0.4, 0.5) is 0 Å². The Hall–Kier alpha value is -3.81. The molecule has 4 aromatic rings. The minimum Gasteiger partial charge on any atom is -0.493 e. The van der Waals surface area contributed by atoms with E-state index in [1.807, 2.05) is 96.5 Å². The fourth-order valence-corrected chi connectivity index (χ4v) is 4.39. The molecular weight excluding hydrogens is 466 g/mol. The van der Waals surface area contributed by atoms with E-state index in [-0.39, 0.29) is 6.61 Å². The van der Waals surface area contributed by atoms with Gasteiger partial charge in [-0.1, -0.05) is 48.5 Å². The first-order chi connectivity index (χ1) is 18.1. The molecule has 0 aliphatic heterocycles. The summed E-state index contributed by atoms with van der Waals surface area (Å²) in [6, 6.07) is 27.6. The molecule has 1 aromatic heterocycles. The maximum atomic E-state index is 10.8. The molecule has 7 nitrogen and oxygen atoms in total. The van der Waals surface area contributed by atoms with E-state index in [1.54, 1.807) is 7.11 Å². The standard InChI is InChI=1S/C30H33N3O4/c1-22-27(20-32(23-17-18-23)19-25(34)21-36-26-13-7-4-8-14-26)30(33(31-22)24-11-5-3-6-12-24)37-29-16-10-9-15-28(29)35-2/h3-16,23,25,34H,17-21H2,1-2H3. The summed E-state index contributed by atoms with van der Waals surface area (Å²) in [5.74, 6) is 2.68. The van der Waals surface area contributed by atoms with Gasteiger partial charge in [0.05, 0.1) is 24.1 Å². The summed E-state index contributed by atoms with van der Waals surface area (Å²) in [6.07, 6.45) is 1.60. The predicted molar refractivity (Wildman–Crippen MR) is 143 cm³/mol. The summed E-state index contributed by atoms with van der Waals surface area (Å²) in [5.41, 5.74) is 2.78. The molecule has 3 aromatic carbocycles. The third-order valence-electron chi connectivity index (χ3n) is 6.47. The summed E-state index contributed by atoms with van der Waals surface area (Å²) < 4.78 is 19.7. The van der Waals surface area contributed by atoms with Crippen molar-refractivity contribution in [3.05, 3.63) is 96.2 Å². The van der Waals surface area contributed by atoms with E-state index in [9.17, 15) is 5.11 Å². The van der Waals surface area contributed by atoms with Crippen molar-refractivity contribution in [2.45, 2.75) is 38.5 Å². The topological polar surface area (TPSA) is 69.0 Å². The average Bonchev–Trinajstić information content (AvgIpc) is 3.74. The van der Waals surface area contributed by atoms with Crippen LogP contribution in [-0.2, 0) is 6.54 Å². The van der Waals surface area contributed by atoms with Crippen LogP contribution in [0.25, 0.3) is 5.69 Å². The first-order valence-corrected chi connectivity index (χ1v) is 12.7. The summed E-state index contributed by atoms with van der Waals surface area (Å²) >= 11 is 0. The largest absolute Gasteiger partial charge is 0.493 e. The maximum absolute atomic E-state index is 10.8. The minimum absolute atomic E-state index is 0.236. The van der Waals surface area contributed by atoms with Gasteiger partial charge in [0.25, 0.3) is 0 Å². The number of aliphatic hydroxyl groups excluding tert-OH is 1. The van der Waals surface area contributed by atoms with E-state index >= 15 is 0 Å². The van der Waals surface area contributed by atoms with Crippen LogP contribution in [0.1, 0.15) is 24.1 Å². The lowest BCUT2D eigenvalue weighted by atomic mass is 10.2. The zero-order valence-electron chi connectivity index (χ0n) is 21.3. The third kappa shape index (κ3) is 6.13. The van der Waals surface area contributed by atoms with Crippen LogP contribution in [0.5, 0.6) is 23.1 Å². The second-order valence-corrected chi connectivity index (χ2v) is 9.31. The lowest BCUT2D eigenvalue weighted by Gasteiger charge is -2.25. The molecule has 0 radical (unpaired) electrons. The number of ether oxygens (including phenoxy) is 3. The molecular formula is C30H33N3O4. The molecule has 1 aliphatic rings. The molecule has 0 spiro atoms. The Bertz CT molecular complexity index is 1290. The van der Waals surface area contributed by atoms with Gasteiger partial charge < -0.3 is 19.3 Å². The van der Waals surface area contributed by atoms with Gasteiger partial charge in [0.1, 0.15) is 18.5 Å². The maximum Gasteiger partial charge on any atom is 0.227 e. The second kappa shape index (κ2) is 11.5. The van der Waals surface area contributed by atoms with Crippen LogP contribution in [0, 0.1) is 6.92 Å². The number of nitrogens with zero attached hydrogens (tertiary/aromatic N) is 3. The molecule has 192 valence electrons. The van der Waals surface area contributed by atoms with Crippen molar-refractivity contribution in [1.29, 1.82) is 0 Å². The zero-order valence-corrected chi connectivity index (χ0v) is 21.3. The van der Waals surface area contributed by atoms with Crippen LogP contribution in [0.15, 0.2) is 84.9 Å². The summed E-state index contributed by atoms with van der Waals surface area (Å²) in [6.45, 7) is 3.35. The molecule has 37 heavy (non-hydrogen) atoms. The first-order valence-electron chi connectivity index (χ1n) is 12.7. The van der Waals surface area contributed by atoms with Crippen LogP contribution < -0.4 is 14.2 Å². The van der Waals surface area contributed by atoms with E-state index in [4.69, 9.17) is 19.3 Å². The SMILES string of the molecule is COc1ccccc1Oc1c(CN(CC(O)COc2ccccc2)C2CC2)c(C)nn1-c1ccccc1. The van der Waals surface area contributed by atoms with Gasteiger partial charge in [-0.3, -0.25) is 4.90 Å². The first kappa shape index (κ1) is 24.9. The predicted octanol–water partition coefficient (Wildman–Crippen LogP) is 5.39. The number of benzene rings is 3. The van der Waals surface area contributed by atoms with Crippen molar-refractivity contribution in [2.75, 3.05) is 20.3 Å². The van der Waals surface area contributed by atoms with Gasteiger partial charge in [0, 0.05) is 19.1 Å². The van der Waals surface area contributed by atoms with Gasteiger partial charge in [-0.2, -0.15) is 5.10 Å². The number of methoxy groups -OCH3 is 1. The lowest BCUT2D eigenvalue weighted by Crippen LogP contribution is -2.36. The zero-order chi connectivity index (χ0) is 25.6. The molecule has 1 saturated carbocycles. The van der Waals surface area contributed by atoms with Gasteiger partial charge in [-0.05, 0) is 56.2 Å². The van der Waals surface area contributed by atoms with Crippen LogP contribution in [0.3, 0.4) is 0 Å². The Labute approximate surface area is 217 Å². The van der Waals surface area contributed by atoms with E-state index in [2.05, 4.69) is 4.90 Å². The lowest BCUT2D eigenvalue weighted by molar-refractivity contribution is 0.0623. The van der Waals surface area contributed by atoms with E-state index < -0.39 is 6.10 Å². The van der Waals surface area contributed by atoms with Gasteiger partial charge >= 0.3 is 0 Å². The van der Waals surface area contributed by atoms with Crippen LogP contribution in [0.2, 0.25) is 0 Å². The molecule has 1 atom stereocenters. The summed E-state index contributed by atoms with van der Waals surface area (Å²) in [4.78, 5) is 2.31. The number of rotatable bonds is 12. The highest BCUT2D eigenvalue weighted by molar-refractivity contribution is 5.47. The van der Waals surface area contributed by atoms with Crippen molar-refractivity contribution in [1.82, 2.24) is 14.7 Å². The van der Waals surface area contributed by atoms with Gasteiger partial charge in [-0.25, -0.2) is 4.68 Å². The van der Waals surface area contributed by atoms with Crippen molar-refractivity contribution in [3.63, 3.8) is 0 Å². The minimum atomic E-state index is -0.621. The molecule has 0 saturated heterocycles. The van der Waals surface area contributed by atoms with Crippen molar-refractivity contribution < 1.29 is 19.3 Å². The van der Waals surface area contributed by atoms with E-state index in [0.717, 1.165) is 35.5 Å². The number of aliphatic hydroxyl groups is 1. The fourth-order valence-electron chi connectivity index (χ4n) is 4.39. The number of hydrogen-bond acceptors (Lipinski definition) is 6. The molecule has 0 amide bonds. The van der Waals surface area contributed by atoms with Gasteiger partial charge in [-0.15, -0.1) is 0 Å². The van der Waals surface area contributed by atoms with Crippen LogP contribution in [-0.4, -0.2) is 52.2 Å². The number of hydrogen-bond donors (Lipinski definition) is 1. The molecule has 5 rings (SSSR count). The van der Waals surface area contributed by atoms with Crippen LogP contribution >= 0.6 is 0 Å². The Morgan fingerprint density at radius 1 is 0.946 bits per heavy atom. The Morgan fingerprint density at radius 3 is 2.27 bits per heavy atom. The number of aryl methyl sites for hydroxylation is 1. The molecule has 1 N–H and O–H groups in total.